The second-order valence-electron chi connectivity index (χ2n) is 6.18. The van der Waals surface area contributed by atoms with E-state index in [0.29, 0.717) is 22.5 Å². The Morgan fingerprint density at radius 3 is 1.93 bits per heavy atom. The van der Waals surface area contributed by atoms with Crippen LogP contribution in [0.5, 0.6) is 0 Å². The van der Waals surface area contributed by atoms with Crippen LogP contribution < -0.4 is 16.0 Å². The van der Waals surface area contributed by atoms with Crippen LogP contribution in [0.25, 0.3) is 0 Å². The largest absolute Gasteiger partial charge is 0.326 e. The Labute approximate surface area is 162 Å². The zero-order chi connectivity index (χ0) is 19.9. The molecule has 0 unspecified atom stereocenters. The number of amides is 4. The van der Waals surface area contributed by atoms with Gasteiger partial charge in [-0.2, -0.15) is 0 Å². The van der Waals surface area contributed by atoms with Crippen LogP contribution in [-0.2, 0) is 0 Å². The van der Waals surface area contributed by atoms with Crippen molar-refractivity contribution in [3.8, 4) is 0 Å². The fraction of sp³-hybridized carbons (Fsp3) is 0.0455. The van der Waals surface area contributed by atoms with Crippen molar-refractivity contribution >= 4 is 29.2 Å². The van der Waals surface area contributed by atoms with Gasteiger partial charge in [-0.25, -0.2) is 4.79 Å². The number of carbonyl (C=O) groups excluding carboxylic acids is 3. The Morgan fingerprint density at radius 2 is 1.25 bits per heavy atom. The van der Waals surface area contributed by atoms with Crippen LogP contribution in [0, 0.1) is 6.92 Å². The summed E-state index contributed by atoms with van der Waals surface area (Å²) in [4.78, 5) is 36.4. The summed E-state index contributed by atoms with van der Waals surface area (Å²) in [5, 5.41) is 7.63. The van der Waals surface area contributed by atoms with Crippen molar-refractivity contribution in [3.05, 3.63) is 95.6 Å². The molecule has 3 N–H and O–H groups in total. The number of nitrogens with one attached hydrogen (secondary N) is 3. The predicted octanol–water partition coefficient (Wildman–Crippen LogP) is 4.21. The molecule has 0 radical (unpaired) electrons. The second kappa shape index (κ2) is 8.64. The van der Waals surface area contributed by atoms with Crippen LogP contribution in [0.4, 0.5) is 16.2 Å². The molecule has 4 amide bonds. The minimum absolute atomic E-state index is 0.253. The molecule has 0 aliphatic heterocycles. The number of urea groups is 1. The molecule has 28 heavy (non-hydrogen) atoms. The molecule has 0 saturated heterocycles. The highest BCUT2D eigenvalue weighted by Gasteiger charge is 2.11. The zero-order valence-corrected chi connectivity index (χ0v) is 15.2. The second-order valence-corrected chi connectivity index (χ2v) is 6.18. The summed E-state index contributed by atoms with van der Waals surface area (Å²) in [7, 11) is 0. The van der Waals surface area contributed by atoms with Gasteiger partial charge in [0.1, 0.15) is 0 Å². The first-order valence-corrected chi connectivity index (χ1v) is 8.67. The predicted molar refractivity (Wildman–Crippen MR) is 109 cm³/mol. The van der Waals surface area contributed by atoms with Crippen molar-refractivity contribution in [2.24, 2.45) is 0 Å². The van der Waals surface area contributed by atoms with E-state index in [1.165, 1.54) is 0 Å². The van der Waals surface area contributed by atoms with Gasteiger partial charge >= 0.3 is 6.03 Å². The molecular formula is C22H19N3O3. The molecule has 140 valence electrons. The molecule has 0 fully saturated rings. The average Bonchev–Trinajstić information content (AvgIpc) is 2.69. The van der Waals surface area contributed by atoms with E-state index < -0.39 is 11.9 Å². The van der Waals surface area contributed by atoms with Crippen molar-refractivity contribution in [1.82, 2.24) is 5.32 Å². The van der Waals surface area contributed by atoms with Crippen molar-refractivity contribution in [1.29, 1.82) is 0 Å². The molecular weight excluding hydrogens is 354 g/mol. The van der Waals surface area contributed by atoms with Gasteiger partial charge in [-0.15, -0.1) is 0 Å². The molecule has 0 aliphatic rings. The standard InChI is InChI=1S/C22H19N3O3/c1-15-10-12-17(13-11-15)21(27)25-22(28)24-19-9-5-8-18(14-19)23-20(26)16-6-3-2-4-7-16/h2-14H,1H3,(H,23,26)(H2,24,25,27,28). The number of benzene rings is 3. The Bertz CT molecular complexity index is 999. The molecule has 6 nitrogen and oxygen atoms in total. The Kier molecular flexibility index (Phi) is 5.81. The molecule has 6 heteroatoms. The SMILES string of the molecule is Cc1ccc(C(=O)NC(=O)Nc2cccc(NC(=O)c3ccccc3)c2)cc1. The maximum absolute atomic E-state index is 12.2. The highest BCUT2D eigenvalue weighted by atomic mass is 16.2. The topological polar surface area (TPSA) is 87.3 Å². The van der Waals surface area contributed by atoms with E-state index in [0.717, 1.165) is 5.56 Å². The van der Waals surface area contributed by atoms with Crippen LogP contribution in [0.15, 0.2) is 78.9 Å². The highest BCUT2D eigenvalue weighted by Crippen LogP contribution is 2.16. The lowest BCUT2D eigenvalue weighted by Gasteiger charge is -2.10. The molecule has 3 aromatic carbocycles. The van der Waals surface area contributed by atoms with Crippen molar-refractivity contribution in [2.75, 3.05) is 10.6 Å². The van der Waals surface area contributed by atoms with Gasteiger partial charge in [0, 0.05) is 22.5 Å². The van der Waals surface area contributed by atoms with Gasteiger partial charge in [0.15, 0.2) is 0 Å². The van der Waals surface area contributed by atoms with E-state index in [2.05, 4.69) is 16.0 Å². The quantitative estimate of drug-likeness (QED) is 0.640. The van der Waals surface area contributed by atoms with Crippen LogP contribution in [0.1, 0.15) is 26.3 Å². The number of hydrogen-bond donors (Lipinski definition) is 3. The summed E-state index contributed by atoms with van der Waals surface area (Å²) in [6.45, 7) is 1.91. The van der Waals surface area contributed by atoms with Gasteiger partial charge in [0.05, 0.1) is 0 Å². The summed E-state index contributed by atoms with van der Waals surface area (Å²) in [5.74, 6) is -0.747. The van der Waals surface area contributed by atoms with E-state index in [-0.39, 0.29) is 5.91 Å². The Hall–Kier alpha value is -3.93. The van der Waals surface area contributed by atoms with Gasteiger partial charge < -0.3 is 10.6 Å². The minimum Gasteiger partial charge on any atom is -0.322 e. The minimum atomic E-state index is -0.655. The fourth-order valence-corrected chi connectivity index (χ4v) is 2.51. The normalized spacial score (nSPS) is 10.0. The molecule has 0 aromatic heterocycles. The number of rotatable bonds is 4. The van der Waals surface area contributed by atoms with Gasteiger partial charge in [0.2, 0.25) is 0 Å². The first-order valence-electron chi connectivity index (χ1n) is 8.67. The molecule has 0 bridgehead atoms. The number of aryl methyl sites for hydroxylation is 1. The van der Waals surface area contributed by atoms with Crippen molar-refractivity contribution in [3.63, 3.8) is 0 Å². The molecule has 0 heterocycles. The third-order valence-corrected chi connectivity index (χ3v) is 3.96. The third kappa shape index (κ3) is 5.04. The summed E-state index contributed by atoms with van der Waals surface area (Å²) in [6.07, 6.45) is 0. The summed E-state index contributed by atoms with van der Waals surface area (Å²) in [5.41, 5.74) is 2.92. The van der Waals surface area contributed by atoms with Gasteiger partial charge in [0.25, 0.3) is 11.8 Å². The van der Waals surface area contributed by atoms with Crippen molar-refractivity contribution in [2.45, 2.75) is 6.92 Å². The highest BCUT2D eigenvalue weighted by molar-refractivity contribution is 6.08. The Morgan fingerprint density at radius 1 is 0.643 bits per heavy atom. The average molecular weight is 373 g/mol. The van der Waals surface area contributed by atoms with Crippen molar-refractivity contribution < 1.29 is 14.4 Å². The van der Waals surface area contributed by atoms with Crippen LogP contribution >= 0.6 is 0 Å². The lowest BCUT2D eigenvalue weighted by Crippen LogP contribution is -2.34. The molecule has 0 spiro atoms. The van der Waals surface area contributed by atoms with Gasteiger partial charge in [-0.05, 0) is 49.4 Å². The summed E-state index contributed by atoms with van der Waals surface area (Å²) in [6, 6.07) is 21.7. The maximum Gasteiger partial charge on any atom is 0.326 e. The lowest BCUT2D eigenvalue weighted by atomic mass is 10.1. The third-order valence-electron chi connectivity index (χ3n) is 3.96. The van der Waals surface area contributed by atoms with E-state index in [9.17, 15) is 14.4 Å². The number of anilines is 2. The smallest absolute Gasteiger partial charge is 0.322 e. The van der Waals surface area contributed by atoms with E-state index in [1.54, 1.807) is 72.8 Å². The monoisotopic (exact) mass is 373 g/mol. The first kappa shape index (κ1) is 18.8. The number of carbonyl (C=O) groups is 3. The molecule has 0 atom stereocenters. The first-order chi connectivity index (χ1) is 13.5. The van der Waals surface area contributed by atoms with E-state index >= 15 is 0 Å². The number of imide groups is 1. The maximum atomic E-state index is 12.2. The van der Waals surface area contributed by atoms with Crippen LogP contribution in [0.2, 0.25) is 0 Å². The lowest BCUT2D eigenvalue weighted by molar-refractivity contribution is 0.0966. The van der Waals surface area contributed by atoms with E-state index in [4.69, 9.17) is 0 Å². The fourth-order valence-electron chi connectivity index (χ4n) is 2.51. The molecule has 0 saturated carbocycles. The summed E-state index contributed by atoms with van der Waals surface area (Å²) >= 11 is 0. The number of hydrogen-bond acceptors (Lipinski definition) is 3. The van der Waals surface area contributed by atoms with Gasteiger partial charge in [-0.1, -0.05) is 42.0 Å². The zero-order valence-electron chi connectivity index (χ0n) is 15.2. The summed E-state index contributed by atoms with van der Waals surface area (Å²) < 4.78 is 0. The Balaban J connectivity index is 1.60. The molecule has 3 aromatic rings. The molecule has 0 aliphatic carbocycles. The van der Waals surface area contributed by atoms with E-state index in [1.807, 2.05) is 13.0 Å². The van der Waals surface area contributed by atoms with Crippen LogP contribution in [0.3, 0.4) is 0 Å². The molecule has 3 rings (SSSR count). The van der Waals surface area contributed by atoms with Gasteiger partial charge in [-0.3, -0.25) is 14.9 Å². The van der Waals surface area contributed by atoms with Crippen LogP contribution in [-0.4, -0.2) is 17.8 Å².